The standard InChI is InChI=1S/C25H27N5O2.C24H27N5O3S.C21H21ClN2O2.C21H21ClN2O/c1-17-24(23(32)16-29-11-5-4-6-12-29)25-22(13-19(15-28-25)14-27-18(2)31)30(17)21-9-7-20(26-3)8-10-21;1-17-23(22(30)16-28-11-5-4-6-12-28)24-21(13-18(14-26-24)15-27-33(3,31)32)29(17)20-9-7-19(25-2)8-10-20;22-15-5-7-16(8-6-15)24-13-19(18-3-1-2-4-20(18)24)21(26)14-23-11-9-17(25)10-12-23;22-16-8-10-17(11-9-16)24-14-19(18-6-2-3-7-20(18)24)21(25)15-23-12-4-1-5-13-23/h7-10,13,15H,4-6,11-12,14,16H2,1-2H3,(H,27,31);7-10,13-14,27H,4-6,11-12,15-16H2,1,3H3;1-8,13,17,25H,9-12,14H2;2-3,6-11,14H,1,4-5,12-13,15H2. The highest BCUT2D eigenvalue weighted by molar-refractivity contribution is 7.88. The maximum atomic E-state index is 13.4. The number of fused-ring (bicyclic) bond motifs is 4. The zero-order valence-corrected chi connectivity index (χ0v) is 68.2. The van der Waals surface area contributed by atoms with E-state index in [0.29, 0.717) is 81.9 Å². The number of pyridine rings is 2. The maximum Gasteiger partial charge on any atom is 0.217 e. The van der Waals surface area contributed by atoms with Crippen LogP contribution < -0.4 is 10.0 Å². The number of aromatic nitrogens is 6. The zero-order chi connectivity index (χ0) is 81.6. The Morgan fingerprint density at radius 3 is 1.20 bits per heavy atom. The summed E-state index contributed by atoms with van der Waals surface area (Å²) in [5.41, 5.74) is 15.6. The number of nitrogens with one attached hydrogen (secondary N) is 2. The highest BCUT2D eigenvalue weighted by Gasteiger charge is 2.29. The molecule has 0 spiro atoms. The number of carbonyl (C=O) groups excluding carboxylic acids is 5. The predicted octanol–water partition coefficient (Wildman–Crippen LogP) is 16.7. The number of amides is 1. The number of ketones is 4. The molecule has 10 heterocycles. The molecule has 25 heteroatoms. The first-order chi connectivity index (χ1) is 56.1. The molecule has 16 rings (SSSR count). The largest absolute Gasteiger partial charge is 0.393 e. The topological polar surface area (TPSA) is 231 Å². The summed E-state index contributed by atoms with van der Waals surface area (Å²) in [6.45, 7) is 29.2. The number of rotatable bonds is 21. The summed E-state index contributed by atoms with van der Waals surface area (Å²) in [5.74, 6) is 0.318. The Labute approximate surface area is 686 Å². The Balaban J connectivity index is 0.000000135. The summed E-state index contributed by atoms with van der Waals surface area (Å²) in [6, 6.07) is 49.7. The number of piperidine rings is 4. The van der Waals surface area contributed by atoms with Crippen LogP contribution in [0, 0.1) is 27.0 Å². The third kappa shape index (κ3) is 20.3. The first-order valence-corrected chi connectivity index (χ1v) is 42.3. The molecule has 0 aliphatic carbocycles. The summed E-state index contributed by atoms with van der Waals surface area (Å²) in [4.78, 5) is 89.1. The number of benzene rings is 6. The molecule has 6 aromatic carbocycles. The van der Waals surface area contributed by atoms with E-state index >= 15 is 0 Å². The Bertz CT molecular complexity index is 5760. The molecule has 0 unspecified atom stereocenters. The third-order valence-corrected chi connectivity index (χ3v) is 23.1. The number of likely N-dealkylation sites (tertiary alicyclic amines) is 4. The second-order valence-electron chi connectivity index (χ2n) is 30.3. The van der Waals surface area contributed by atoms with E-state index in [1.54, 1.807) is 36.7 Å². The van der Waals surface area contributed by atoms with Gasteiger partial charge < -0.3 is 28.7 Å². The van der Waals surface area contributed by atoms with Gasteiger partial charge in [-0.15, -0.1) is 0 Å². The molecular formula is C91H96Cl2N14O8S. The minimum atomic E-state index is -3.35. The summed E-state index contributed by atoms with van der Waals surface area (Å²) in [6.07, 6.45) is 20.2. The Morgan fingerprint density at radius 2 is 0.828 bits per heavy atom. The van der Waals surface area contributed by atoms with Gasteiger partial charge >= 0.3 is 0 Å². The van der Waals surface area contributed by atoms with Gasteiger partial charge in [0.2, 0.25) is 15.9 Å². The van der Waals surface area contributed by atoms with Crippen LogP contribution in [0.5, 0.6) is 0 Å². The van der Waals surface area contributed by atoms with Crippen molar-refractivity contribution in [1.82, 2.24) is 57.9 Å². The average Bonchev–Trinajstić information content (AvgIpc) is 1.60. The van der Waals surface area contributed by atoms with Crippen molar-refractivity contribution in [3.05, 3.63) is 260 Å². The van der Waals surface area contributed by atoms with Crippen LogP contribution in [-0.2, 0) is 27.9 Å². The number of Topliss-reactive ketones (excluding diaryl/α,β-unsaturated/α-hetero) is 4. The molecule has 4 aliphatic heterocycles. The number of nitrogens with zero attached hydrogens (tertiary/aromatic N) is 12. The van der Waals surface area contributed by atoms with Crippen molar-refractivity contribution in [2.45, 2.75) is 111 Å². The monoisotopic (exact) mass is 1610 g/mol. The van der Waals surface area contributed by atoms with Crippen molar-refractivity contribution in [2.24, 2.45) is 0 Å². The quantitative estimate of drug-likeness (QED) is 0.0449. The number of para-hydroxylation sites is 2. The molecule has 0 bridgehead atoms. The fourth-order valence-corrected chi connectivity index (χ4v) is 16.6. The van der Waals surface area contributed by atoms with Gasteiger partial charge in [0.05, 0.1) is 95.9 Å². The second kappa shape index (κ2) is 38.3. The molecule has 1 amide bonds. The highest BCUT2D eigenvalue weighted by Crippen LogP contribution is 2.35. The van der Waals surface area contributed by atoms with Gasteiger partial charge in [-0.25, -0.2) is 22.8 Å². The van der Waals surface area contributed by atoms with Gasteiger partial charge in [-0.05, 0) is 213 Å². The lowest BCUT2D eigenvalue weighted by Gasteiger charge is -2.28. The number of hydrogen-bond acceptors (Lipinski definition) is 14. The number of sulfonamides is 1. The molecule has 4 aliphatic rings. The lowest BCUT2D eigenvalue weighted by Crippen LogP contribution is -2.39. The van der Waals surface area contributed by atoms with Crippen molar-refractivity contribution < 1.29 is 37.5 Å². The molecule has 116 heavy (non-hydrogen) atoms. The van der Waals surface area contributed by atoms with Gasteiger partial charge in [-0.2, -0.15) is 0 Å². The van der Waals surface area contributed by atoms with E-state index in [2.05, 4.69) is 59.9 Å². The molecule has 0 radical (unpaired) electrons. The van der Waals surface area contributed by atoms with Gasteiger partial charge in [0.1, 0.15) is 0 Å². The number of halogens is 2. The summed E-state index contributed by atoms with van der Waals surface area (Å²) < 4.78 is 33.7. The second-order valence-corrected chi connectivity index (χ2v) is 33.0. The average molecular weight is 1620 g/mol. The third-order valence-electron chi connectivity index (χ3n) is 21.9. The van der Waals surface area contributed by atoms with Crippen molar-refractivity contribution in [1.29, 1.82) is 0 Å². The Hall–Kier alpha value is -10.8. The van der Waals surface area contributed by atoms with E-state index in [9.17, 15) is 37.5 Å². The van der Waals surface area contributed by atoms with Gasteiger partial charge in [-0.3, -0.25) is 53.5 Å². The fourth-order valence-electron chi connectivity index (χ4n) is 16.0. The van der Waals surface area contributed by atoms with Gasteiger partial charge in [0.25, 0.3) is 0 Å². The van der Waals surface area contributed by atoms with Crippen molar-refractivity contribution >= 4 is 118 Å². The first kappa shape index (κ1) is 83.2. The molecule has 22 nitrogen and oxygen atoms in total. The minimum Gasteiger partial charge on any atom is -0.393 e. The van der Waals surface area contributed by atoms with E-state index in [4.69, 9.17) is 36.3 Å². The van der Waals surface area contributed by atoms with E-state index in [1.165, 1.54) is 39.0 Å². The number of carbonyl (C=O) groups is 5. The molecule has 6 aromatic heterocycles. The summed E-state index contributed by atoms with van der Waals surface area (Å²) in [7, 11) is -3.35. The van der Waals surface area contributed by atoms with Crippen LogP contribution in [0.25, 0.3) is 76.3 Å². The normalized spacial score (nSPS) is 15.2. The van der Waals surface area contributed by atoms with Crippen molar-refractivity contribution in [3.8, 4) is 22.7 Å². The molecule has 4 fully saturated rings. The Morgan fingerprint density at radius 1 is 0.474 bits per heavy atom. The molecule has 0 atom stereocenters. The fraction of sp³-hybridized carbons (Fsp3) is 0.330. The van der Waals surface area contributed by atoms with Crippen LogP contribution in [0.4, 0.5) is 11.4 Å². The van der Waals surface area contributed by atoms with E-state index < -0.39 is 10.0 Å². The van der Waals surface area contributed by atoms with Gasteiger partial charge in [0.15, 0.2) is 34.5 Å². The van der Waals surface area contributed by atoms with E-state index in [1.807, 2.05) is 167 Å². The predicted molar refractivity (Wildman–Crippen MR) is 460 cm³/mol. The van der Waals surface area contributed by atoms with Crippen LogP contribution in [0.1, 0.15) is 141 Å². The summed E-state index contributed by atoms with van der Waals surface area (Å²) >= 11 is 12.0. The number of aliphatic hydroxyl groups excluding tert-OH is 1. The van der Waals surface area contributed by atoms with Crippen molar-refractivity contribution in [2.75, 3.05) is 84.8 Å². The van der Waals surface area contributed by atoms with E-state index in [0.717, 1.165) is 181 Å². The highest BCUT2D eigenvalue weighted by atomic mass is 35.5. The van der Waals surface area contributed by atoms with Crippen molar-refractivity contribution in [3.63, 3.8) is 0 Å². The van der Waals surface area contributed by atoms with Crippen LogP contribution in [0.3, 0.4) is 0 Å². The molecule has 3 N–H and O–H groups in total. The van der Waals surface area contributed by atoms with Gasteiger partial charge in [0, 0.05) is 124 Å². The molecule has 12 aromatic rings. The summed E-state index contributed by atoms with van der Waals surface area (Å²) in [5, 5.41) is 15.8. The molecule has 0 saturated carbocycles. The SMILES string of the molecule is O=C(CN1CCC(O)CC1)c1cn(-c2ccc(Cl)cc2)c2ccccc12.O=C(CN1CCCCC1)c1cn(-c2ccc(Cl)cc2)c2ccccc12.[C-]#[N+]c1ccc(-n2c(C)c(C(=O)CN3CCCCC3)c3ncc(CNC(C)=O)cc32)cc1.[C-]#[N+]c1ccc(-n2c(C)c(C(=O)CN3CCCCC3)c3ncc(CNS(C)(=O)=O)cc32)cc1. The molecule has 4 saturated heterocycles. The number of hydrogen-bond donors (Lipinski definition) is 3. The molecular weight excluding hydrogens is 1520 g/mol. The van der Waals surface area contributed by atoms with E-state index in [-0.39, 0.29) is 41.7 Å². The van der Waals surface area contributed by atoms with Crippen LogP contribution in [-0.4, -0.2) is 181 Å². The van der Waals surface area contributed by atoms with Crippen LogP contribution in [0.15, 0.2) is 183 Å². The maximum absolute atomic E-state index is 13.4. The van der Waals surface area contributed by atoms with Gasteiger partial charge in [-0.1, -0.05) is 103 Å². The van der Waals surface area contributed by atoms with Crippen LogP contribution >= 0.6 is 23.2 Å². The lowest BCUT2D eigenvalue weighted by atomic mass is 10.1. The van der Waals surface area contributed by atoms with Crippen LogP contribution in [0.2, 0.25) is 10.0 Å². The number of aliphatic hydroxyl groups is 1. The zero-order valence-electron chi connectivity index (χ0n) is 65.9. The first-order valence-electron chi connectivity index (χ1n) is 39.7. The Kier molecular flexibility index (Phi) is 27.5. The lowest BCUT2D eigenvalue weighted by molar-refractivity contribution is -0.119. The smallest absolute Gasteiger partial charge is 0.217 e. The molecule has 598 valence electrons. The minimum absolute atomic E-state index is 0.0328.